The summed E-state index contributed by atoms with van der Waals surface area (Å²) in [6.07, 6.45) is 3.24. The number of thiophene rings is 1. The number of carbonyl (C=O) groups is 1. The summed E-state index contributed by atoms with van der Waals surface area (Å²) >= 11 is 2.92. The zero-order valence-corrected chi connectivity index (χ0v) is 18.5. The van der Waals surface area contributed by atoms with Crippen molar-refractivity contribution in [1.29, 1.82) is 5.26 Å². The summed E-state index contributed by atoms with van der Waals surface area (Å²) in [5.74, 6) is 0.981. The van der Waals surface area contributed by atoms with Crippen LogP contribution in [0.2, 0.25) is 0 Å². The van der Waals surface area contributed by atoms with Gasteiger partial charge in [0.1, 0.15) is 11.1 Å². The number of para-hydroxylation sites is 1. The molecule has 4 rings (SSSR count). The fourth-order valence-corrected chi connectivity index (χ4v) is 5.99. The Morgan fingerprint density at radius 3 is 3.03 bits per heavy atom. The van der Waals surface area contributed by atoms with Gasteiger partial charge in [-0.3, -0.25) is 14.2 Å². The Balaban J connectivity index is 1.42. The highest BCUT2D eigenvalue weighted by atomic mass is 32.2. The molecule has 2 aromatic heterocycles. The molecule has 0 aliphatic heterocycles. The number of amides is 1. The van der Waals surface area contributed by atoms with Gasteiger partial charge in [0.05, 0.1) is 16.5 Å². The number of hydrogen-bond donors (Lipinski definition) is 1. The van der Waals surface area contributed by atoms with Crippen LogP contribution in [-0.4, -0.2) is 21.2 Å². The van der Waals surface area contributed by atoms with Gasteiger partial charge in [0.2, 0.25) is 5.91 Å². The van der Waals surface area contributed by atoms with E-state index in [4.69, 9.17) is 0 Å². The van der Waals surface area contributed by atoms with Gasteiger partial charge in [-0.05, 0) is 42.9 Å². The average Bonchev–Trinajstić information content (AvgIpc) is 3.07. The molecule has 0 spiro atoms. The first kappa shape index (κ1) is 20.6. The van der Waals surface area contributed by atoms with E-state index in [1.807, 2.05) is 18.2 Å². The van der Waals surface area contributed by atoms with Crippen LogP contribution in [0.1, 0.15) is 35.8 Å². The van der Waals surface area contributed by atoms with Crippen LogP contribution in [0.3, 0.4) is 0 Å². The van der Waals surface area contributed by atoms with Crippen LogP contribution in [0.4, 0.5) is 5.00 Å². The summed E-state index contributed by atoms with van der Waals surface area (Å²) < 4.78 is 1.52. The second-order valence-electron chi connectivity index (χ2n) is 7.59. The Bertz CT molecular complexity index is 1220. The van der Waals surface area contributed by atoms with Gasteiger partial charge in [-0.2, -0.15) is 5.26 Å². The Hall–Kier alpha value is -2.63. The van der Waals surface area contributed by atoms with E-state index in [1.165, 1.54) is 32.5 Å². The van der Waals surface area contributed by atoms with Gasteiger partial charge >= 0.3 is 0 Å². The molecule has 0 fully saturated rings. The molecule has 1 unspecified atom stereocenters. The molecule has 0 saturated carbocycles. The van der Waals surface area contributed by atoms with Crippen LogP contribution >= 0.6 is 23.1 Å². The molecule has 1 N–H and O–H groups in total. The molecule has 0 saturated heterocycles. The summed E-state index contributed by atoms with van der Waals surface area (Å²) in [7, 11) is 1.69. The highest BCUT2D eigenvalue weighted by Crippen LogP contribution is 2.39. The topological polar surface area (TPSA) is 87.8 Å². The molecular weight excluding hydrogens is 416 g/mol. The molecule has 30 heavy (non-hydrogen) atoms. The van der Waals surface area contributed by atoms with E-state index in [0.29, 0.717) is 38.3 Å². The number of aromatic nitrogens is 2. The molecule has 1 atom stereocenters. The third-order valence-electron chi connectivity index (χ3n) is 5.38. The zero-order valence-electron chi connectivity index (χ0n) is 16.9. The van der Waals surface area contributed by atoms with Crippen molar-refractivity contribution in [2.75, 3.05) is 11.1 Å². The number of fused-ring (bicyclic) bond motifs is 2. The third kappa shape index (κ3) is 4.00. The number of nitrogens with one attached hydrogen (secondary N) is 1. The summed E-state index contributed by atoms with van der Waals surface area (Å²) in [5.41, 5.74) is 2.30. The minimum absolute atomic E-state index is 0.0930. The van der Waals surface area contributed by atoms with E-state index >= 15 is 0 Å². The van der Waals surface area contributed by atoms with E-state index in [-0.39, 0.29) is 17.9 Å². The highest BCUT2D eigenvalue weighted by Gasteiger charge is 2.24. The van der Waals surface area contributed by atoms with Crippen LogP contribution in [0.15, 0.2) is 34.2 Å². The fourth-order valence-electron chi connectivity index (χ4n) is 3.71. The smallest absolute Gasteiger partial charge is 0.261 e. The standard InChI is InChI=1S/C22H22N4O2S2/c1-13-7-8-14-16(12-23)20(30-18(14)11-13)25-19(27)9-10-29-22-24-17-6-4-3-5-15(17)21(28)26(22)2/h3-6,13H,7-11H2,1-2H3,(H,25,27). The van der Waals surface area contributed by atoms with Crippen molar-refractivity contribution < 1.29 is 4.79 Å². The second kappa shape index (κ2) is 8.62. The first-order chi connectivity index (χ1) is 14.5. The lowest BCUT2D eigenvalue weighted by Crippen LogP contribution is -2.20. The number of benzene rings is 1. The summed E-state index contributed by atoms with van der Waals surface area (Å²) in [4.78, 5) is 30.7. The molecule has 0 radical (unpaired) electrons. The van der Waals surface area contributed by atoms with Crippen molar-refractivity contribution in [3.63, 3.8) is 0 Å². The van der Waals surface area contributed by atoms with Crippen molar-refractivity contribution in [2.45, 2.75) is 37.8 Å². The SMILES string of the molecule is CC1CCc2c(sc(NC(=O)CCSc3nc4ccccc4c(=O)n3C)c2C#N)C1. The largest absolute Gasteiger partial charge is 0.317 e. The van der Waals surface area contributed by atoms with Crippen molar-refractivity contribution in [2.24, 2.45) is 13.0 Å². The number of carbonyl (C=O) groups excluding carboxylic acids is 1. The molecule has 8 heteroatoms. The Labute approximate surface area is 182 Å². The maximum Gasteiger partial charge on any atom is 0.261 e. The van der Waals surface area contributed by atoms with Gasteiger partial charge in [-0.15, -0.1) is 11.3 Å². The van der Waals surface area contributed by atoms with Gasteiger partial charge in [0, 0.05) is 24.1 Å². The molecule has 3 aromatic rings. The minimum Gasteiger partial charge on any atom is -0.317 e. The lowest BCUT2D eigenvalue weighted by Gasteiger charge is -2.17. The molecule has 6 nitrogen and oxygen atoms in total. The van der Waals surface area contributed by atoms with E-state index in [0.717, 1.165) is 24.8 Å². The van der Waals surface area contributed by atoms with Gasteiger partial charge in [-0.1, -0.05) is 30.8 Å². The summed E-state index contributed by atoms with van der Waals surface area (Å²) in [6, 6.07) is 9.53. The van der Waals surface area contributed by atoms with Crippen LogP contribution in [0, 0.1) is 17.2 Å². The van der Waals surface area contributed by atoms with Gasteiger partial charge < -0.3 is 5.32 Å². The van der Waals surface area contributed by atoms with E-state index < -0.39 is 0 Å². The van der Waals surface area contributed by atoms with Gasteiger partial charge in [0.25, 0.3) is 5.56 Å². The first-order valence-corrected chi connectivity index (χ1v) is 11.7. The monoisotopic (exact) mass is 438 g/mol. The molecule has 1 amide bonds. The molecular formula is C22H22N4O2S2. The lowest BCUT2D eigenvalue weighted by atomic mass is 9.89. The predicted octanol–water partition coefficient (Wildman–Crippen LogP) is 4.11. The minimum atomic E-state index is -0.128. The van der Waals surface area contributed by atoms with E-state index in [2.05, 4.69) is 23.3 Å². The first-order valence-electron chi connectivity index (χ1n) is 9.91. The number of rotatable bonds is 5. The van der Waals surface area contributed by atoms with Crippen LogP contribution in [0.25, 0.3) is 10.9 Å². The number of anilines is 1. The summed E-state index contributed by atoms with van der Waals surface area (Å²) in [5, 5.41) is 14.3. The number of hydrogen-bond acceptors (Lipinski definition) is 6. The Kier molecular flexibility index (Phi) is 5.93. The average molecular weight is 439 g/mol. The molecule has 1 aromatic carbocycles. The Morgan fingerprint density at radius 1 is 1.43 bits per heavy atom. The number of thioether (sulfide) groups is 1. The fraction of sp³-hybridized carbons (Fsp3) is 0.364. The molecule has 0 bridgehead atoms. The molecule has 2 heterocycles. The molecule has 1 aliphatic rings. The number of nitriles is 1. The van der Waals surface area contributed by atoms with Crippen LogP contribution < -0.4 is 10.9 Å². The zero-order chi connectivity index (χ0) is 21.3. The quantitative estimate of drug-likeness (QED) is 0.478. The van der Waals surface area contributed by atoms with Crippen molar-refractivity contribution in [3.8, 4) is 6.07 Å². The second-order valence-corrected chi connectivity index (χ2v) is 9.76. The molecule has 1 aliphatic carbocycles. The van der Waals surface area contributed by atoms with Crippen molar-refractivity contribution in [3.05, 3.63) is 50.6 Å². The van der Waals surface area contributed by atoms with Gasteiger partial charge in [0.15, 0.2) is 5.16 Å². The van der Waals surface area contributed by atoms with E-state index in [9.17, 15) is 14.9 Å². The third-order valence-corrected chi connectivity index (χ3v) is 7.58. The Morgan fingerprint density at radius 2 is 2.23 bits per heavy atom. The molecule has 154 valence electrons. The van der Waals surface area contributed by atoms with E-state index in [1.54, 1.807) is 13.1 Å². The van der Waals surface area contributed by atoms with Crippen LogP contribution in [-0.2, 0) is 24.7 Å². The van der Waals surface area contributed by atoms with Crippen molar-refractivity contribution >= 4 is 44.9 Å². The predicted molar refractivity (Wildman–Crippen MR) is 121 cm³/mol. The number of nitrogens with zero attached hydrogens (tertiary/aromatic N) is 3. The highest BCUT2D eigenvalue weighted by molar-refractivity contribution is 7.99. The maximum absolute atomic E-state index is 12.5. The summed E-state index contributed by atoms with van der Waals surface area (Å²) in [6.45, 7) is 2.22. The van der Waals surface area contributed by atoms with Crippen LogP contribution in [0.5, 0.6) is 0 Å². The maximum atomic E-state index is 12.5. The van der Waals surface area contributed by atoms with Gasteiger partial charge in [-0.25, -0.2) is 4.98 Å². The lowest BCUT2D eigenvalue weighted by molar-refractivity contribution is -0.115. The van der Waals surface area contributed by atoms with Crippen molar-refractivity contribution in [1.82, 2.24) is 9.55 Å². The normalized spacial score (nSPS) is 15.6.